The smallest absolute Gasteiger partial charge is 0.226 e. The summed E-state index contributed by atoms with van der Waals surface area (Å²) in [7, 11) is 0. The zero-order valence-corrected chi connectivity index (χ0v) is 11.9. The molecule has 0 aliphatic carbocycles. The number of nitrogens with two attached hydrogens (primary N) is 1. The van der Waals surface area contributed by atoms with E-state index in [0.717, 1.165) is 34.9 Å². The minimum Gasteiger partial charge on any atom is -0.339 e. The first-order valence-corrected chi connectivity index (χ1v) is 6.79. The maximum atomic E-state index is 5.45. The second-order valence-corrected chi connectivity index (χ2v) is 5.13. The van der Waals surface area contributed by atoms with E-state index in [2.05, 4.69) is 26.1 Å². The second kappa shape index (κ2) is 6.11. The molecule has 0 bridgehead atoms. The van der Waals surface area contributed by atoms with Gasteiger partial charge >= 0.3 is 0 Å². The van der Waals surface area contributed by atoms with Gasteiger partial charge in [0, 0.05) is 16.5 Å². The summed E-state index contributed by atoms with van der Waals surface area (Å²) in [6.45, 7) is 2.73. The van der Waals surface area contributed by atoms with Gasteiger partial charge in [-0.25, -0.2) is 0 Å². The van der Waals surface area contributed by atoms with Crippen molar-refractivity contribution in [2.45, 2.75) is 26.2 Å². The number of aryl methyl sites for hydroxylation is 2. The molecule has 0 spiro atoms. The number of halogens is 1. The normalized spacial score (nSPS) is 10.8. The van der Waals surface area contributed by atoms with Gasteiger partial charge < -0.3 is 10.3 Å². The number of benzene rings is 1. The minimum atomic E-state index is 0.655. The molecule has 0 unspecified atom stereocenters. The number of rotatable bonds is 5. The maximum absolute atomic E-state index is 5.45. The van der Waals surface area contributed by atoms with E-state index in [-0.39, 0.29) is 0 Å². The lowest BCUT2D eigenvalue weighted by Gasteiger charge is -2.00. The first kappa shape index (κ1) is 13.2. The van der Waals surface area contributed by atoms with Crippen LogP contribution in [0.5, 0.6) is 0 Å². The van der Waals surface area contributed by atoms with E-state index in [9.17, 15) is 0 Å². The van der Waals surface area contributed by atoms with E-state index >= 15 is 0 Å². The Kier molecular flexibility index (Phi) is 4.49. The highest BCUT2D eigenvalue weighted by Crippen LogP contribution is 2.24. The average Bonchev–Trinajstić information content (AvgIpc) is 2.78. The molecule has 18 heavy (non-hydrogen) atoms. The molecule has 2 rings (SSSR count). The summed E-state index contributed by atoms with van der Waals surface area (Å²) in [6.07, 6.45) is 2.76. The fourth-order valence-electron chi connectivity index (χ4n) is 1.76. The molecule has 2 aromatic rings. The van der Waals surface area contributed by atoms with Crippen molar-refractivity contribution < 1.29 is 4.52 Å². The Bertz CT molecular complexity index is 525. The molecule has 0 aliphatic rings. The number of unbranched alkanes of at least 4 members (excludes halogenated alkanes) is 1. The number of nitrogens with zero attached hydrogens (tertiary/aromatic N) is 2. The van der Waals surface area contributed by atoms with Crippen LogP contribution in [0.2, 0.25) is 0 Å². The standard InChI is InChI=1S/C13H16BrN3O/c1-9-8-10(14)5-6-11(9)13-16-12(18-17-13)4-2-3-7-15/h5-6,8H,2-4,7,15H2,1H3. The maximum Gasteiger partial charge on any atom is 0.226 e. The van der Waals surface area contributed by atoms with Crippen LogP contribution in [0.4, 0.5) is 0 Å². The second-order valence-electron chi connectivity index (χ2n) is 4.22. The Morgan fingerprint density at radius 3 is 2.89 bits per heavy atom. The molecule has 0 saturated heterocycles. The van der Waals surface area contributed by atoms with Crippen LogP contribution in [0, 0.1) is 6.92 Å². The van der Waals surface area contributed by atoms with Crippen LogP contribution in [0.25, 0.3) is 11.4 Å². The molecule has 0 radical (unpaired) electrons. The van der Waals surface area contributed by atoms with Gasteiger partial charge in [0.05, 0.1) is 0 Å². The Labute approximate surface area is 115 Å². The lowest BCUT2D eigenvalue weighted by atomic mass is 10.1. The Balaban J connectivity index is 2.13. The van der Waals surface area contributed by atoms with Crippen molar-refractivity contribution >= 4 is 15.9 Å². The highest BCUT2D eigenvalue weighted by Gasteiger charge is 2.10. The fraction of sp³-hybridized carbons (Fsp3) is 0.385. The van der Waals surface area contributed by atoms with Crippen LogP contribution in [-0.4, -0.2) is 16.7 Å². The molecule has 0 fully saturated rings. The van der Waals surface area contributed by atoms with Crippen LogP contribution >= 0.6 is 15.9 Å². The molecule has 0 atom stereocenters. The van der Waals surface area contributed by atoms with Crippen molar-refractivity contribution in [2.75, 3.05) is 6.54 Å². The van der Waals surface area contributed by atoms with Crippen LogP contribution < -0.4 is 5.73 Å². The zero-order chi connectivity index (χ0) is 13.0. The Hall–Kier alpha value is -1.20. The highest BCUT2D eigenvalue weighted by atomic mass is 79.9. The third kappa shape index (κ3) is 3.17. The highest BCUT2D eigenvalue weighted by molar-refractivity contribution is 9.10. The van der Waals surface area contributed by atoms with Crippen LogP contribution in [0.15, 0.2) is 27.2 Å². The first-order valence-electron chi connectivity index (χ1n) is 6.00. The topological polar surface area (TPSA) is 64.9 Å². The Morgan fingerprint density at radius 2 is 2.17 bits per heavy atom. The predicted octanol–water partition coefficient (Wildman–Crippen LogP) is 3.09. The summed E-state index contributed by atoms with van der Waals surface area (Å²) in [5, 5.41) is 4.02. The molecule has 0 amide bonds. The van der Waals surface area contributed by atoms with Crippen LogP contribution in [0.3, 0.4) is 0 Å². The van der Waals surface area contributed by atoms with Gasteiger partial charge in [-0.2, -0.15) is 4.98 Å². The predicted molar refractivity (Wildman–Crippen MR) is 74.2 cm³/mol. The molecule has 0 saturated carbocycles. The summed E-state index contributed by atoms with van der Waals surface area (Å²) in [5.74, 6) is 1.34. The van der Waals surface area contributed by atoms with Crippen molar-refractivity contribution in [1.82, 2.24) is 10.1 Å². The minimum absolute atomic E-state index is 0.655. The monoisotopic (exact) mass is 309 g/mol. The molecule has 96 valence electrons. The summed E-state index contributed by atoms with van der Waals surface area (Å²) in [6, 6.07) is 6.01. The number of aromatic nitrogens is 2. The Morgan fingerprint density at radius 1 is 1.33 bits per heavy atom. The molecule has 4 nitrogen and oxygen atoms in total. The third-order valence-corrected chi connectivity index (χ3v) is 3.24. The summed E-state index contributed by atoms with van der Waals surface area (Å²) >= 11 is 3.44. The van der Waals surface area contributed by atoms with Crippen molar-refractivity contribution in [1.29, 1.82) is 0 Å². The van der Waals surface area contributed by atoms with Crippen molar-refractivity contribution in [3.05, 3.63) is 34.1 Å². The van der Waals surface area contributed by atoms with Gasteiger partial charge in [-0.3, -0.25) is 0 Å². The summed E-state index contributed by atoms with van der Waals surface area (Å²) in [4.78, 5) is 4.41. The first-order chi connectivity index (χ1) is 8.70. The van der Waals surface area contributed by atoms with Crippen molar-refractivity contribution in [3.8, 4) is 11.4 Å². The van der Waals surface area contributed by atoms with Gasteiger partial charge in [0.25, 0.3) is 0 Å². The molecular formula is C13H16BrN3O. The van der Waals surface area contributed by atoms with E-state index in [1.807, 2.05) is 25.1 Å². The van der Waals surface area contributed by atoms with Gasteiger partial charge in [-0.15, -0.1) is 0 Å². The number of hydrogen-bond donors (Lipinski definition) is 1. The van der Waals surface area contributed by atoms with Gasteiger partial charge in [-0.1, -0.05) is 21.1 Å². The molecule has 1 heterocycles. The van der Waals surface area contributed by atoms with Gasteiger partial charge in [0.15, 0.2) is 0 Å². The molecule has 2 N–H and O–H groups in total. The van der Waals surface area contributed by atoms with Crippen molar-refractivity contribution in [3.63, 3.8) is 0 Å². The summed E-state index contributed by atoms with van der Waals surface area (Å²) in [5.41, 5.74) is 7.58. The van der Waals surface area contributed by atoms with Crippen LogP contribution in [0.1, 0.15) is 24.3 Å². The fourth-order valence-corrected chi connectivity index (χ4v) is 2.24. The average molecular weight is 310 g/mol. The van der Waals surface area contributed by atoms with E-state index < -0.39 is 0 Å². The van der Waals surface area contributed by atoms with E-state index in [1.54, 1.807) is 0 Å². The van der Waals surface area contributed by atoms with Gasteiger partial charge in [0.2, 0.25) is 11.7 Å². The van der Waals surface area contributed by atoms with E-state index in [4.69, 9.17) is 10.3 Å². The van der Waals surface area contributed by atoms with E-state index in [1.165, 1.54) is 0 Å². The summed E-state index contributed by atoms with van der Waals surface area (Å²) < 4.78 is 6.29. The SMILES string of the molecule is Cc1cc(Br)ccc1-c1noc(CCCCN)n1. The molecular weight excluding hydrogens is 294 g/mol. The third-order valence-electron chi connectivity index (χ3n) is 2.74. The van der Waals surface area contributed by atoms with Gasteiger partial charge in [-0.05, 0) is 50.1 Å². The number of hydrogen-bond acceptors (Lipinski definition) is 4. The molecule has 5 heteroatoms. The lowest BCUT2D eigenvalue weighted by molar-refractivity contribution is 0.375. The van der Waals surface area contributed by atoms with E-state index in [0.29, 0.717) is 18.3 Å². The molecule has 0 aliphatic heterocycles. The van der Waals surface area contributed by atoms with Gasteiger partial charge in [0.1, 0.15) is 0 Å². The largest absolute Gasteiger partial charge is 0.339 e. The quantitative estimate of drug-likeness (QED) is 0.862. The van der Waals surface area contributed by atoms with Crippen LogP contribution in [-0.2, 0) is 6.42 Å². The zero-order valence-electron chi connectivity index (χ0n) is 10.3. The lowest BCUT2D eigenvalue weighted by Crippen LogP contribution is -1.99. The molecule has 1 aromatic carbocycles. The molecule has 1 aromatic heterocycles. The van der Waals surface area contributed by atoms with Crippen molar-refractivity contribution in [2.24, 2.45) is 5.73 Å².